The van der Waals surface area contributed by atoms with Crippen LogP contribution < -0.4 is 0 Å². The Labute approximate surface area is 452 Å². The van der Waals surface area contributed by atoms with Crippen molar-refractivity contribution in [3.8, 4) is 0 Å². The van der Waals surface area contributed by atoms with Crippen LogP contribution in [0.2, 0.25) is 0 Å². The zero-order valence-electron chi connectivity index (χ0n) is 52.8. The van der Waals surface area contributed by atoms with Crippen LogP contribution >= 0.6 is 0 Å². The Balaban J connectivity index is -0.000000235. The topological polar surface area (TPSA) is 0 Å². The van der Waals surface area contributed by atoms with E-state index in [9.17, 15) is 0 Å². The van der Waals surface area contributed by atoms with Crippen molar-refractivity contribution in [2.24, 2.45) is 11.8 Å². The molecule has 2 fully saturated rings. The van der Waals surface area contributed by atoms with Crippen molar-refractivity contribution in [1.29, 1.82) is 0 Å². The van der Waals surface area contributed by atoms with Gasteiger partial charge in [-0.25, -0.2) is 0 Å². The standard InChI is InChI=1S/C10H18.6C10H22/c1-2-6-10-8-4-3-7-9(10)5-1;6*1-3-5-7-9-10-8-6-4-2/h9-10H,1-8H2;6*3-10H2,1-2H3. The van der Waals surface area contributed by atoms with Gasteiger partial charge in [0.25, 0.3) is 0 Å². The smallest absolute Gasteiger partial charge is 0.0386 e. The van der Waals surface area contributed by atoms with Crippen LogP contribution in [0.25, 0.3) is 0 Å². The molecule has 0 aliphatic heterocycles. The van der Waals surface area contributed by atoms with Gasteiger partial charge in [0.2, 0.25) is 0 Å². The molecule has 0 N–H and O–H groups in total. The van der Waals surface area contributed by atoms with Crippen LogP contribution in [0.15, 0.2) is 0 Å². The Morgan fingerprint density at radius 2 is 0.229 bits per heavy atom. The van der Waals surface area contributed by atoms with Gasteiger partial charge in [0.1, 0.15) is 0 Å². The molecule has 2 aliphatic rings. The van der Waals surface area contributed by atoms with Crippen molar-refractivity contribution in [3.05, 3.63) is 0 Å². The lowest BCUT2D eigenvalue weighted by atomic mass is 9.71. The molecule has 2 saturated carbocycles. The van der Waals surface area contributed by atoms with E-state index >= 15 is 0 Å². The largest absolute Gasteiger partial charge is 0.0654 e. The third kappa shape index (κ3) is 84.8. The molecule has 0 aromatic heterocycles. The van der Waals surface area contributed by atoms with Gasteiger partial charge in [0, 0.05) is 0 Å². The van der Waals surface area contributed by atoms with Crippen molar-refractivity contribution in [1.82, 2.24) is 0 Å². The second kappa shape index (κ2) is 83.0. The SMILES string of the molecule is C1CCC2CCCCC2C1.CCCCCCCCCC.CCCCCCCCCC.CCCCCCCCCC.CCCCCCCCCC.CCCCCCCCCC.CCCCCCCCCC. The molecule has 0 aromatic carbocycles. The van der Waals surface area contributed by atoms with Crippen LogP contribution in [0.3, 0.4) is 0 Å². The first-order valence-electron chi connectivity index (χ1n) is 34.5. The van der Waals surface area contributed by atoms with Gasteiger partial charge in [0.05, 0.1) is 0 Å². The van der Waals surface area contributed by atoms with Crippen LogP contribution in [0.5, 0.6) is 0 Å². The van der Waals surface area contributed by atoms with Crippen LogP contribution in [0, 0.1) is 11.8 Å². The van der Waals surface area contributed by atoms with Crippen molar-refractivity contribution in [2.75, 3.05) is 0 Å². The highest BCUT2D eigenvalue weighted by molar-refractivity contribution is 4.78. The third-order valence-corrected chi connectivity index (χ3v) is 15.2. The number of hydrogen-bond acceptors (Lipinski definition) is 0. The molecule has 0 radical (unpaired) electrons. The normalized spacial score (nSPS) is 14.6. The molecule has 0 bridgehead atoms. The maximum absolute atomic E-state index is 2.27. The summed E-state index contributed by atoms with van der Waals surface area (Å²) >= 11 is 0. The van der Waals surface area contributed by atoms with Gasteiger partial charge in [0.15, 0.2) is 0 Å². The first-order chi connectivity index (χ1) is 34.5. The summed E-state index contributed by atoms with van der Waals surface area (Å²) in [6.45, 7) is 27.2. The Morgan fingerprint density at radius 3 is 0.314 bits per heavy atom. The Bertz CT molecular complexity index is 540. The molecule has 2 rings (SSSR count). The summed E-state index contributed by atoms with van der Waals surface area (Å²) in [5.41, 5.74) is 0. The molecule has 0 spiro atoms. The zero-order valence-corrected chi connectivity index (χ0v) is 52.8. The maximum Gasteiger partial charge on any atom is -0.0386 e. The second-order valence-corrected chi connectivity index (χ2v) is 22.8. The van der Waals surface area contributed by atoms with E-state index in [0.717, 1.165) is 11.8 Å². The second-order valence-electron chi connectivity index (χ2n) is 22.8. The Hall–Kier alpha value is 0. The average Bonchev–Trinajstić information content (AvgIpc) is 3.39. The van der Waals surface area contributed by atoms with Gasteiger partial charge in [-0.3, -0.25) is 0 Å². The van der Waals surface area contributed by atoms with Crippen molar-refractivity contribution in [3.63, 3.8) is 0 Å². The van der Waals surface area contributed by atoms with E-state index in [-0.39, 0.29) is 0 Å². The van der Waals surface area contributed by atoms with Crippen molar-refractivity contribution >= 4 is 0 Å². The summed E-state index contributed by atoms with van der Waals surface area (Å²) in [5, 5.41) is 0. The minimum Gasteiger partial charge on any atom is -0.0654 e. The van der Waals surface area contributed by atoms with E-state index in [4.69, 9.17) is 0 Å². The monoisotopic (exact) mass is 991 g/mol. The Kier molecular flexibility index (Phi) is 93.5. The lowest BCUT2D eigenvalue weighted by Crippen LogP contribution is -2.22. The number of unbranched alkanes of at least 4 members (excludes halogenated alkanes) is 42. The fourth-order valence-corrected chi connectivity index (χ4v) is 10.1. The fourth-order valence-electron chi connectivity index (χ4n) is 10.1. The molecule has 0 heteroatoms. The molecule has 0 amide bonds. The summed E-state index contributed by atoms with van der Waals surface area (Å²) in [6.07, 6.45) is 81.1. The van der Waals surface area contributed by atoms with Gasteiger partial charge < -0.3 is 0 Å². The van der Waals surface area contributed by atoms with Gasteiger partial charge in [-0.05, 0) is 11.8 Å². The average molecular weight is 992 g/mol. The van der Waals surface area contributed by atoms with Crippen molar-refractivity contribution < 1.29 is 0 Å². The van der Waals surface area contributed by atoms with Gasteiger partial charge in [-0.15, -0.1) is 0 Å². The molecule has 0 aromatic rings. The molecule has 0 unspecified atom stereocenters. The first-order valence-corrected chi connectivity index (χ1v) is 34.5. The third-order valence-electron chi connectivity index (χ3n) is 15.2. The number of hydrogen-bond donors (Lipinski definition) is 0. The lowest BCUT2D eigenvalue weighted by Gasteiger charge is -2.35. The molecular weight excluding hydrogens is 841 g/mol. The predicted octanol–water partition coefficient (Wildman–Crippen LogP) is 28.2. The molecule has 430 valence electrons. The molecular formula is C70H150. The molecule has 0 atom stereocenters. The van der Waals surface area contributed by atoms with E-state index in [1.807, 2.05) is 0 Å². The van der Waals surface area contributed by atoms with Crippen LogP contribution in [0.4, 0.5) is 0 Å². The van der Waals surface area contributed by atoms with Crippen LogP contribution in [-0.2, 0) is 0 Å². The van der Waals surface area contributed by atoms with Crippen LogP contribution in [0.1, 0.15) is 443 Å². The Morgan fingerprint density at radius 1 is 0.143 bits per heavy atom. The maximum atomic E-state index is 2.27. The summed E-state index contributed by atoms with van der Waals surface area (Å²) in [7, 11) is 0. The lowest BCUT2D eigenvalue weighted by molar-refractivity contribution is 0.171. The van der Waals surface area contributed by atoms with Crippen LogP contribution in [-0.4, -0.2) is 0 Å². The number of fused-ring (bicyclic) bond motifs is 1. The van der Waals surface area contributed by atoms with E-state index < -0.39 is 0 Å². The van der Waals surface area contributed by atoms with E-state index in [1.165, 1.54) is 334 Å². The van der Waals surface area contributed by atoms with Gasteiger partial charge in [-0.2, -0.15) is 0 Å². The minimum absolute atomic E-state index is 1.16. The summed E-state index contributed by atoms with van der Waals surface area (Å²) in [4.78, 5) is 0. The van der Waals surface area contributed by atoms with E-state index in [0.29, 0.717) is 0 Å². The summed E-state index contributed by atoms with van der Waals surface area (Å²) in [5.74, 6) is 2.31. The van der Waals surface area contributed by atoms with E-state index in [2.05, 4.69) is 83.1 Å². The van der Waals surface area contributed by atoms with E-state index in [1.54, 1.807) is 25.7 Å². The quantitative estimate of drug-likeness (QED) is 0.0535. The summed E-state index contributed by atoms with van der Waals surface area (Å²) in [6, 6.07) is 0. The molecule has 70 heavy (non-hydrogen) atoms. The zero-order chi connectivity index (χ0) is 52.8. The molecule has 0 nitrogen and oxygen atoms in total. The molecule has 0 saturated heterocycles. The summed E-state index contributed by atoms with van der Waals surface area (Å²) < 4.78 is 0. The fraction of sp³-hybridized carbons (Fsp3) is 1.00. The highest BCUT2D eigenvalue weighted by atomic mass is 14.3. The van der Waals surface area contributed by atoms with Crippen molar-refractivity contribution in [2.45, 2.75) is 443 Å². The molecule has 0 heterocycles. The van der Waals surface area contributed by atoms with Gasteiger partial charge in [-0.1, -0.05) is 443 Å². The predicted molar refractivity (Wildman–Crippen MR) is 334 cm³/mol. The highest BCUT2D eigenvalue weighted by Gasteiger charge is 2.26. The van der Waals surface area contributed by atoms with Gasteiger partial charge >= 0.3 is 0 Å². The number of rotatable bonds is 42. The first kappa shape index (κ1) is 78.9. The molecule has 2 aliphatic carbocycles. The minimum atomic E-state index is 1.16. The highest BCUT2D eigenvalue weighted by Crippen LogP contribution is 2.40.